The summed E-state index contributed by atoms with van der Waals surface area (Å²) in [6.45, 7) is 0. The second kappa shape index (κ2) is 4.79. The monoisotopic (exact) mass is 337 g/mol. The van der Waals surface area contributed by atoms with Gasteiger partial charge in [-0.25, -0.2) is 9.07 Å². The molecule has 2 heterocycles. The number of hydrogen-bond acceptors (Lipinski definition) is 3. The third kappa shape index (κ3) is 2.29. The van der Waals surface area contributed by atoms with Crippen molar-refractivity contribution >= 4 is 33.0 Å². The summed E-state index contributed by atoms with van der Waals surface area (Å²) in [5, 5.41) is 4.37. The van der Waals surface area contributed by atoms with Gasteiger partial charge in [-0.1, -0.05) is 12.1 Å². The summed E-state index contributed by atoms with van der Waals surface area (Å²) in [6.07, 6.45) is 1.63. The highest BCUT2D eigenvalue weighted by atomic mass is 79.9. The molecule has 2 N–H and O–H groups in total. The van der Waals surface area contributed by atoms with E-state index in [1.807, 2.05) is 12.1 Å². The highest BCUT2D eigenvalue weighted by molar-refractivity contribution is 9.11. The van der Waals surface area contributed by atoms with Crippen molar-refractivity contribution in [3.05, 3.63) is 52.2 Å². The molecule has 0 aliphatic rings. The molecule has 0 unspecified atom stereocenters. The fourth-order valence-electron chi connectivity index (χ4n) is 1.78. The van der Waals surface area contributed by atoms with Crippen LogP contribution in [-0.4, -0.2) is 9.78 Å². The number of hydrogen-bond donors (Lipinski definition) is 1. The minimum Gasteiger partial charge on any atom is -0.396 e. The Hall–Kier alpha value is -1.66. The minimum absolute atomic E-state index is 0.330. The van der Waals surface area contributed by atoms with Crippen molar-refractivity contribution in [2.45, 2.75) is 0 Å². The van der Waals surface area contributed by atoms with Crippen molar-refractivity contribution in [3.63, 3.8) is 0 Å². The van der Waals surface area contributed by atoms with Crippen LogP contribution in [0.2, 0.25) is 0 Å². The number of aromatic nitrogens is 2. The molecule has 3 rings (SSSR count). The van der Waals surface area contributed by atoms with Crippen molar-refractivity contribution in [1.82, 2.24) is 9.78 Å². The van der Waals surface area contributed by atoms with E-state index in [1.54, 1.807) is 24.4 Å². The van der Waals surface area contributed by atoms with Crippen LogP contribution in [0.15, 0.2) is 46.4 Å². The number of benzene rings is 1. The Morgan fingerprint density at radius 2 is 2.00 bits per heavy atom. The molecule has 0 radical (unpaired) electrons. The molecular formula is C13H9BrFN3S. The van der Waals surface area contributed by atoms with Crippen LogP contribution in [0.3, 0.4) is 0 Å². The zero-order valence-electron chi connectivity index (χ0n) is 9.68. The number of anilines is 1. The van der Waals surface area contributed by atoms with E-state index in [-0.39, 0.29) is 5.82 Å². The molecule has 2 aromatic heterocycles. The maximum Gasteiger partial charge on any atom is 0.148 e. The van der Waals surface area contributed by atoms with Gasteiger partial charge in [0.1, 0.15) is 17.2 Å². The van der Waals surface area contributed by atoms with Gasteiger partial charge in [-0.05, 0) is 40.2 Å². The average Bonchev–Trinajstić information content (AvgIpc) is 2.96. The highest BCUT2D eigenvalue weighted by Gasteiger charge is 2.13. The lowest BCUT2D eigenvalue weighted by Crippen LogP contribution is -1.97. The zero-order chi connectivity index (χ0) is 13.4. The molecule has 0 amide bonds. The van der Waals surface area contributed by atoms with Crippen LogP contribution in [0.5, 0.6) is 0 Å². The van der Waals surface area contributed by atoms with Crippen LogP contribution in [0.1, 0.15) is 0 Å². The average molecular weight is 338 g/mol. The molecule has 0 saturated carbocycles. The molecule has 0 fully saturated rings. The van der Waals surface area contributed by atoms with E-state index in [1.165, 1.54) is 22.1 Å². The molecule has 3 nitrogen and oxygen atoms in total. The standard InChI is InChI=1S/C13H9BrFN3S/c14-12-6-5-11(19-12)13-9(16)7-18(17-13)10-4-2-1-3-8(10)15/h1-7H,16H2. The summed E-state index contributed by atoms with van der Waals surface area (Å²) < 4.78 is 16.2. The number of nitrogens with two attached hydrogens (primary N) is 1. The molecule has 0 spiro atoms. The van der Waals surface area contributed by atoms with E-state index < -0.39 is 0 Å². The molecule has 96 valence electrons. The summed E-state index contributed by atoms with van der Waals surface area (Å²) in [7, 11) is 0. The van der Waals surface area contributed by atoms with Gasteiger partial charge < -0.3 is 5.73 Å². The molecule has 6 heteroatoms. The molecule has 0 bridgehead atoms. The third-order valence-corrected chi connectivity index (χ3v) is 4.28. The van der Waals surface area contributed by atoms with E-state index in [2.05, 4.69) is 21.0 Å². The van der Waals surface area contributed by atoms with Crippen LogP contribution in [-0.2, 0) is 0 Å². The molecule has 0 aliphatic carbocycles. The fourth-order valence-corrected chi connectivity index (χ4v) is 3.17. The number of rotatable bonds is 2. The number of nitrogens with zero attached hydrogens (tertiary/aromatic N) is 2. The van der Waals surface area contributed by atoms with Crippen molar-refractivity contribution < 1.29 is 4.39 Å². The van der Waals surface area contributed by atoms with Gasteiger partial charge in [0.25, 0.3) is 0 Å². The molecule has 1 aromatic carbocycles. The second-order valence-corrected chi connectivity index (χ2v) is 6.40. The molecule has 19 heavy (non-hydrogen) atoms. The first-order valence-corrected chi connectivity index (χ1v) is 7.12. The smallest absolute Gasteiger partial charge is 0.148 e. The summed E-state index contributed by atoms with van der Waals surface area (Å²) >= 11 is 4.94. The molecule has 0 aliphatic heterocycles. The first-order valence-electron chi connectivity index (χ1n) is 5.51. The second-order valence-electron chi connectivity index (χ2n) is 3.93. The number of halogens is 2. The van der Waals surface area contributed by atoms with Crippen LogP contribution < -0.4 is 5.73 Å². The summed E-state index contributed by atoms with van der Waals surface area (Å²) in [5.41, 5.74) is 7.53. The minimum atomic E-state index is -0.330. The number of para-hydroxylation sites is 1. The summed E-state index contributed by atoms with van der Waals surface area (Å²) in [6, 6.07) is 10.3. The number of nitrogen functional groups attached to an aromatic ring is 1. The number of thiophene rings is 1. The zero-order valence-corrected chi connectivity index (χ0v) is 12.1. The Morgan fingerprint density at radius 1 is 1.21 bits per heavy atom. The normalized spacial score (nSPS) is 10.8. The predicted molar refractivity (Wildman–Crippen MR) is 78.9 cm³/mol. The summed E-state index contributed by atoms with van der Waals surface area (Å²) in [5.74, 6) is -0.330. The van der Waals surface area contributed by atoms with Crippen LogP contribution in [0.25, 0.3) is 16.3 Å². The Labute approximate surface area is 121 Å². The maximum absolute atomic E-state index is 13.7. The Balaban J connectivity index is 2.10. The van der Waals surface area contributed by atoms with Gasteiger partial charge in [0.15, 0.2) is 0 Å². The largest absolute Gasteiger partial charge is 0.396 e. The SMILES string of the molecule is Nc1cn(-c2ccccc2F)nc1-c1ccc(Br)s1. The van der Waals surface area contributed by atoms with E-state index in [9.17, 15) is 4.39 Å². The maximum atomic E-state index is 13.7. The van der Waals surface area contributed by atoms with E-state index >= 15 is 0 Å². The lowest BCUT2D eigenvalue weighted by atomic mass is 10.3. The third-order valence-electron chi connectivity index (χ3n) is 2.65. The van der Waals surface area contributed by atoms with Crippen molar-refractivity contribution in [2.24, 2.45) is 0 Å². The Kier molecular flexibility index (Phi) is 3.12. The predicted octanol–water partition coefficient (Wildman–Crippen LogP) is 4.08. The lowest BCUT2D eigenvalue weighted by Gasteiger charge is -2.01. The summed E-state index contributed by atoms with van der Waals surface area (Å²) in [4.78, 5) is 0.944. The van der Waals surface area contributed by atoms with Gasteiger partial charge in [0, 0.05) is 0 Å². The molecule has 3 aromatic rings. The van der Waals surface area contributed by atoms with Crippen molar-refractivity contribution in [2.75, 3.05) is 5.73 Å². The van der Waals surface area contributed by atoms with Crippen molar-refractivity contribution in [1.29, 1.82) is 0 Å². The Bertz CT molecular complexity index is 735. The lowest BCUT2D eigenvalue weighted by molar-refractivity contribution is 0.611. The van der Waals surface area contributed by atoms with E-state index in [0.717, 1.165) is 8.66 Å². The first kappa shape index (κ1) is 12.4. The van der Waals surface area contributed by atoms with E-state index in [0.29, 0.717) is 17.1 Å². The van der Waals surface area contributed by atoms with Gasteiger partial charge in [0.2, 0.25) is 0 Å². The van der Waals surface area contributed by atoms with E-state index in [4.69, 9.17) is 5.73 Å². The van der Waals surface area contributed by atoms with Gasteiger partial charge >= 0.3 is 0 Å². The van der Waals surface area contributed by atoms with Crippen LogP contribution in [0.4, 0.5) is 10.1 Å². The molecular weight excluding hydrogens is 329 g/mol. The Morgan fingerprint density at radius 3 is 2.68 bits per heavy atom. The quantitative estimate of drug-likeness (QED) is 0.765. The first-order chi connectivity index (χ1) is 9.15. The van der Waals surface area contributed by atoms with Crippen LogP contribution in [0, 0.1) is 5.82 Å². The topological polar surface area (TPSA) is 43.8 Å². The van der Waals surface area contributed by atoms with Gasteiger partial charge in [-0.2, -0.15) is 5.10 Å². The highest BCUT2D eigenvalue weighted by Crippen LogP contribution is 2.34. The molecule has 0 saturated heterocycles. The fraction of sp³-hybridized carbons (Fsp3) is 0. The molecule has 0 atom stereocenters. The van der Waals surface area contributed by atoms with Crippen molar-refractivity contribution in [3.8, 4) is 16.3 Å². The van der Waals surface area contributed by atoms with Crippen LogP contribution >= 0.6 is 27.3 Å². The van der Waals surface area contributed by atoms with Gasteiger partial charge in [-0.15, -0.1) is 11.3 Å². The van der Waals surface area contributed by atoms with Gasteiger partial charge in [0.05, 0.1) is 20.5 Å². The van der Waals surface area contributed by atoms with Gasteiger partial charge in [-0.3, -0.25) is 0 Å².